The molecule has 2 unspecified atom stereocenters. The van der Waals surface area contributed by atoms with Crippen molar-refractivity contribution in [1.82, 2.24) is 5.32 Å². The average Bonchev–Trinajstić information content (AvgIpc) is 2.34. The number of rotatable bonds is 6. The summed E-state index contributed by atoms with van der Waals surface area (Å²) in [6.07, 6.45) is 1.14. The number of sulfonamides is 1. The lowest BCUT2D eigenvalue weighted by atomic mass is 10.1. The van der Waals surface area contributed by atoms with Crippen LogP contribution < -0.4 is 10.5 Å². The first-order valence-electron chi connectivity index (χ1n) is 6.20. The van der Waals surface area contributed by atoms with E-state index in [1.54, 1.807) is 24.3 Å². The molecule has 1 aromatic carbocycles. The third-order valence-electron chi connectivity index (χ3n) is 3.18. The molecule has 3 N–H and O–H groups in total. The van der Waals surface area contributed by atoms with Crippen molar-refractivity contribution in [2.45, 2.75) is 38.1 Å². The van der Waals surface area contributed by atoms with Gasteiger partial charge in [-0.3, -0.25) is 0 Å². The number of hydrogen-bond donors (Lipinski definition) is 2. The predicted octanol–water partition coefficient (Wildman–Crippen LogP) is 2.03. The Morgan fingerprint density at radius 1 is 1.22 bits per heavy atom. The van der Waals surface area contributed by atoms with Crippen LogP contribution in [0.25, 0.3) is 0 Å². The van der Waals surface area contributed by atoms with E-state index in [2.05, 4.69) is 26.1 Å². The lowest BCUT2D eigenvalue weighted by molar-refractivity contribution is 0.461. The first kappa shape index (κ1) is 15.1. The molecule has 0 radical (unpaired) electrons. The number of primary sulfonamides is 1. The van der Waals surface area contributed by atoms with Crippen LogP contribution >= 0.6 is 0 Å². The Morgan fingerprint density at radius 3 is 2.22 bits per heavy atom. The summed E-state index contributed by atoms with van der Waals surface area (Å²) >= 11 is 0. The maximum atomic E-state index is 11.1. The first-order valence-corrected chi connectivity index (χ1v) is 7.75. The topological polar surface area (TPSA) is 72.2 Å². The lowest BCUT2D eigenvalue weighted by Crippen LogP contribution is -2.24. The molecule has 0 fully saturated rings. The van der Waals surface area contributed by atoms with Crippen LogP contribution in [0.15, 0.2) is 29.2 Å². The van der Waals surface area contributed by atoms with E-state index in [4.69, 9.17) is 5.14 Å². The van der Waals surface area contributed by atoms with Crippen molar-refractivity contribution in [2.24, 2.45) is 11.1 Å². The van der Waals surface area contributed by atoms with Gasteiger partial charge >= 0.3 is 0 Å². The molecule has 0 aliphatic heterocycles. The summed E-state index contributed by atoms with van der Waals surface area (Å²) in [5.41, 5.74) is 1.06. The van der Waals surface area contributed by atoms with Crippen LogP contribution in [0.1, 0.15) is 38.8 Å². The highest BCUT2D eigenvalue weighted by Crippen LogP contribution is 2.15. The number of hydrogen-bond acceptors (Lipinski definition) is 3. The zero-order valence-corrected chi connectivity index (χ0v) is 12.0. The molecule has 0 aromatic heterocycles. The molecule has 1 aromatic rings. The summed E-state index contributed by atoms with van der Waals surface area (Å²) in [5.74, 6) is 0.635. The van der Waals surface area contributed by atoms with E-state index in [9.17, 15) is 8.42 Å². The van der Waals surface area contributed by atoms with Gasteiger partial charge in [0.25, 0.3) is 0 Å². The van der Waals surface area contributed by atoms with Gasteiger partial charge in [0.1, 0.15) is 0 Å². The molecule has 0 saturated carbocycles. The van der Waals surface area contributed by atoms with E-state index in [0.29, 0.717) is 5.92 Å². The van der Waals surface area contributed by atoms with Gasteiger partial charge in [-0.2, -0.15) is 0 Å². The summed E-state index contributed by atoms with van der Waals surface area (Å²) in [6.45, 7) is 7.38. The molecule has 5 heteroatoms. The normalized spacial score (nSPS) is 15.3. The highest BCUT2D eigenvalue weighted by atomic mass is 32.2. The second-order valence-electron chi connectivity index (χ2n) is 4.76. The summed E-state index contributed by atoms with van der Waals surface area (Å²) in [6, 6.07) is 6.90. The Labute approximate surface area is 110 Å². The van der Waals surface area contributed by atoms with Crippen molar-refractivity contribution < 1.29 is 8.42 Å². The van der Waals surface area contributed by atoms with Crippen molar-refractivity contribution in [2.75, 3.05) is 6.54 Å². The van der Waals surface area contributed by atoms with E-state index < -0.39 is 10.0 Å². The molecule has 0 saturated heterocycles. The first-order chi connectivity index (χ1) is 8.34. The highest BCUT2D eigenvalue weighted by Gasteiger charge is 2.10. The number of benzene rings is 1. The van der Waals surface area contributed by atoms with Crippen LogP contribution in [0.5, 0.6) is 0 Å². The van der Waals surface area contributed by atoms with Crippen molar-refractivity contribution >= 4 is 10.0 Å². The van der Waals surface area contributed by atoms with E-state index in [1.807, 2.05) is 0 Å². The Kier molecular flexibility index (Phi) is 5.31. The molecule has 18 heavy (non-hydrogen) atoms. The maximum Gasteiger partial charge on any atom is 0.238 e. The Morgan fingerprint density at radius 2 is 1.78 bits per heavy atom. The van der Waals surface area contributed by atoms with Crippen molar-refractivity contribution in [3.05, 3.63) is 29.8 Å². The van der Waals surface area contributed by atoms with E-state index >= 15 is 0 Å². The van der Waals surface area contributed by atoms with Crippen LogP contribution in [-0.2, 0) is 10.0 Å². The Balaban J connectivity index is 2.68. The van der Waals surface area contributed by atoms with Crippen LogP contribution in [0.3, 0.4) is 0 Å². The van der Waals surface area contributed by atoms with Gasteiger partial charge in [0.05, 0.1) is 4.90 Å². The fourth-order valence-corrected chi connectivity index (χ4v) is 2.10. The summed E-state index contributed by atoms with van der Waals surface area (Å²) in [4.78, 5) is 0.153. The Hall–Kier alpha value is -0.910. The maximum absolute atomic E-state index is 11.1. The fraction of sp³-hybridized carbons (Fsp3) is 0.538. The monoisotopic (exact) mass is 270 g/mol. The smallest absolute Gasteiger partial charge is 0.238 e. The summed E-state index contributed by atoms with van der Waals surface area (Å²) in [7, 11) is -3.60. The van der Waals surface area contributed by atoms with Crippen LogP contribution in [0, 0.1) is 5.92 Å². The quantitative estimate of drug-likeness (QED) is 0.830. The second-order valence-corrected chi connectivity index (χ2v) is 6.32. The minimum absolute atomic E-state index is 0.153. The van der Waals surface area contributed by atoms with Crippen molar-refractivity contribution in [1.29, 1.82) is 0 Å². The summed E-state index contributed by atoms with van der Waals surface area (Å²) in [5, 5.41) is 8.48. The highest BCUT2D eigenvalue weighted by molar-refractivity contribution is 7.89. The van der Waals surface area contributed by atoms with Gasteiger partial charge in [-0.25, -0.2) is 13.6 Å². The molecule has 1 rings (SSSR count). The van der Waals surface area contributed by atoms with Crippen LogP contribution in [-0.4, -0.2) is 15.0 Å². The molecular formula is C13H22N2O2S. The molecule has 0 spiro atoms. The van der Waals surface area contributed by atoms with E-state index in [-0.39, 0.29) is 10.9 Å². The molecular weight excluding hydrogens is 248 g/mol. The second kappa shape index (κ2) is 6.31. The minimum Gasteiger partial charge on any atom is -0.310 e. The predicted molar refractivity (Wildman–Crippen MR) is 73.7 cm³/mol. The molecule has 4 nitrogen and oxygen atoms in total. The molecule has 0 aliphatic rings. The molecule has 2 atom stereocenters. The van der Waals surface area contributed by atoms with Gasteiger partial charge in [-0.05, 0) is 37.1 Å². The minimum atomic E-state index is -3.60. The zero-order chi connectivity index (χ0) is 13.8. The lowest BCUT2D eigenvalue weighted by Gasteiger charge is -2.17. The summed E-state index contributed by atoms with van der Waals surface area (Å²) < 4.78 is 22.3. The van der Waals surface area contributed by atoms with Gasteiger partial charge in [0.15, 0.2) is 0 Å². The SMILES string of the molecule is CCC(C)CNC(C)c1ccc(S(N)(=O)=O)cc1. The van der Waals surface area contributed by atoms with Gasteiger partial charge in [0.2, 0.25) is 10.0 Å². The van der Waals surface area contributed by atoms with Crippen LogP contribution in [0.2, 0.25) is 0 Å². The largest absolute Gasteiger partial charge is 0.310 e. The molecule has 0 heterocycles. The fourth-order valence-electron chi connectivity index (χ4n) is 1.59. The van der Waals surface area contributed by atoms with Gasteiger partial charge in [-0.1, -0.05) is 32.4 Å². The third kappa shape index (κ3) is 4.40. The average molecular weight is 270 g/mol. The molecule has 0 aliphatic carbocycles. The van der Waals surface area contributed by atoms with Crippen molar-refractivity contribution in [3.63, 3.8) is 0 Å². The zero-order valence-electron chi connectivity index (χ0n) is 11.2. The van der Waals surface area contributed by atoms with E-state index in [0.717, 1.165) is 18.5 Å². The standard InChI is InChI=1S/C13H22N2O2S/c1-4-10(2)9-15-11(3)12-5-7-13(8-6-12)18(14,16)17/h5-8,10-11,15H,4,9H2,1-3H3,(H2,14,16,17). The Bertz CT molecular complexity index is 468. The number of nitrogens with one attached hydrogen (secondary N) is 1. The molecule has 0 bridgehead atoms. The van der Waals surface area contributed by atoms with Crippen molar-refractivity contribution in [3.8, 4) is 0 Å². The van der Waals surface area contributed by atoms with Gasteiger partial charge in [0, 0.05) is 6.04 Å². The van der Waals surface area contributed by atoms with Gasteiger partial charge in [-0.15, -0.1) is 0 Å². The number of nitrogens with two attached hydrogens (primary N) is 1. The molecule has 0 amide bonds. The van der Waals surface area contributed by atoms with Crippen LogP contribution in [0.4, 0.5) is 0 Å². The molecule has 102 valence electrons. The van der Waals surface area contributed by atoms with E-state index in [1.165, 1.54) is 0 Å². The van der Waals surface area contributed by atoms with Gasteiger partial charge < -0.3 is 5.32 Å². The third-order valence-corrected chi connectivity index (χ3v) is 4.11.